The SMILES string of the molecule is CC(C)N(C(=O)n1ccnc1)c1ccnc(-c2ccncc2)n1. The number of hydrogen-bond donors (Lipinski definition) is 0. The fourth-order valence-electron chi connectivity index (χ4n) is 2.20. The number of imidazole rings is 1. The number of hydrogen-bond acceptors (Lipinski definition) is 5. The van der Waals surface area contributed by atoms with Crippen molar-refractivity contribution < 1.29 is 4.79 Å². The van der Waals surface area contributed by atoms with Crippen molar-refractivity contribution in [2.24, 2.45) is 0 Å². The summed E-state index contributed by atoms with van der Waals surface area (Å²) >= 11 is 0. The smallest absolute Gasteiger partial charge is 0.275 e. The van der Waals surface area contributed by atoms with E-state index in [0.717, 1.165) is 5.56 Å². The average molecular weight is 308 g/mol. The summed E-state index contributed by atoms with van der Waals surface area (Å²) < 4.78 is 1.42. The summed E-state index contributed by atoms with van der Waals surface area (Å²) in [5, 5.41) is 0. The molecule has 0 bridgehead atoms. The molecule has 0 aliphatic rings. The fourth-order valence-corrected chi connectivity index (χ4v) is 2.20. The zero-order valence-corrected chi connectivity index (χ0v) is 12.9. The van der Waals surface area contributed by atoms with Crippen LogP contribution in [0.15, 0.2) is 55.5 Å². The molecule has 0 N–H and O–H groups in total. The summed E-state index contributed by atoms with van der Waals surface area (Å²) in [6.07, 6.45) is 9.67. The molecule has 23 heavy (non-hydrogen) atoms. The number of aromatic nitrogens is 5. The minimum Gasteiger partial charge on any atom is -0.275 e. The zero-order valence-electron chi connectivity index (χ0n) is 12.9. The van der Waals surface area contributed by atoms with Crippen LogP contribution in [0.1, 0.15) is 13.8 Å². The van der Waals surface area contributed by atoms with Gasteiger partial charge < -0.3 is 0 Å². The van der Waals surface area contributed by atoms with Crippen molar-refractivity contribution in [3.63, 3.8) is 0 Å². The van der Waals surface area contributed by atoms with Crippen molar-refractivity contribution in [3.05, 3.63) is 55.5 Å². The first-order chi connectivity index (χ1) is 11.2. The molecule has 0 atom stereocenters. The van der Waals surface area contributed by atoms with E-state index in [0.29, 0.717) is 11.6 Å². The molecule has 3 aromatic heterocycles. The standard InChI is InChI=1S/C16H16N6O/c1-12(2)22(16(23)21-10-9-18-11-21)14-5-8-19-15(20-14)13-3-6-17-7-4-13/h3-12H,1-2H3. The van der Waals surface area contributed by atoms with Crippen LogP contribution in [0.4, 0.5) is 10.6 Å². The molecule has 0 aliphatic heterocycles. The maximum absolute atomic E-state index is 12.7. The van der Waals surface area contributed by atoms with Gasteiger partial charge in [-0.1, -0.05) is 0 Å². The van der Waals surface area contributed by atoms with E-state index in [-0.39, 0.29) is 12.1 Å². The minimum atomic E-state index is -0.211. The molecule has 0 saturated carbocycles. The third kappa shape index (κ3) is 3.08. The lowest BCUT2D eigenvalue weighted by atomic mass is 10.2. The van der Waals surface area contributed by atoms with Crippen LogP contribution in [0.25, 0.3) is 11.4 Å². The monoisotopic (exact) mass is 308 g/mol. The molecule has 0 aromatic carbocycles. The third-order valence-corrected chi connectivity index (χ3v) is 3.27. The van der Waals surface area contributed by atoms with Gasteiger partial charge in [0.2, 0.25) is 0 Å². The van der Waals surface area contributed by atoms with Crippen molar-refractivity contribution in [2.45, 2.75) is 19.9 Å². The first-order valence-electron chi connectivity index (χ1n) is 7.22. The number of rotatable bonds is 3. The average Bonchev–Trinajstić information content (AvgIpc) is 3.10. The largest absolute Gasteiger partial charge is 0.335 e. The highest BCUT2D eigenvalue weighted by atomic mass is 16.2. The van der Waals surface area contributed by atoms with E-state index in [1.54, 1.807) is 42.0 Å². The summed E-state index contributed by atoms with van der Waals surface area (Å²) in [5.41, 5.74) is 0.848. The molecule has 7 heteroatoms. The number of amides is 1. The molecule has 0 saturated heterocycles. The molecule has 3 heterocycles. The molecule has 0 spiro atoms. The van der Waals surface area contributed by atoms with Gasteiger partial charge in [0.1, 0.15) is 12.1 Å². The van der Waals surface area contributed by atoms with Gasteiger partial charge in [-0.3, -0.25) is 14.5 Å². The van der Waals surface area contributed by atoms with E-state index < -0.39 is 0 Å². The van der Waals surface area contributed by atoms with Gasteiger partial charge in [-0.15, -0.1) is 0 Å². The van der Waals surface area contributed by atoms with Gasteiger partial charge in [-0.25, -0.2) is 19.7 Å². The quantitative estimate of drug-likeness (QED) is 0.743. The van der Waals surface area contributed by atoms with Crippen molar-refractivity contribution in [1.29, 1.82) is 0 Å². The van der Waals surface area contributed by atoms with Crippen LogP contribution in [-0.2, 0) is 0 Å². The Morgan fingerprint density at radius 3 is 2.52 bits per heavy atom. The van der Waals surface area contributed by atoms with Crippen LogP contribution in [0.3, 0.4) is 0 Å². The van der Waals surface area contributed by atoms with Gasteiger partial charge in [0.25, 0.3) is 0 Å². The van der Waals surface area contributed by atoms with E-state index in [1.807, 2.05) is 26.0 Å². The summed E-state index contributed by atoms with van der Waals surface area (Å²) in [5.74, 6) is 1.09. The molecule has 3 aromatic rings. The van der Waals surface area contributed by atoms with E-state index >= 15 is 0 Å². The van der Waals surface area contributed by atoms with Gasteiger partial charge in [0, 0.05) is 42.6 Å². The zero-order chi connectivity index (χ0) is 16.2. The molecule has 0 unspecified atom stereocenters. The molecular weight excluding hydrogens is 292 g/mol. The summed E-state index contributed by atoms with van der Waals surface area (Å²) in [6, 6.07) is 5.11. The Hall–Kier alpha value is -3.09. The van der Waals surface area contributed by atoms with Crippen LogP contribution >= 0.6 is 0 Å². The lowest BCUT2D eigenvalue weighted by molar-refractivity contribution is 0.246. The fraction of sp³-hybridized carbons (Fsp3) is 0.188. The van der Waals surface area contributed by atoms with E-state index in [4.69, 9.17) is 0 Å². The second-order valence-electron chi connectivity index (χ2n) is 5.19. The van der Waals surface area contributed by atoms with Crippen molar-refractivity contribution in [1.82, 2.24) is 24.5 Å². The van der Waals surface area contributed by atoms with Crippen molar-refractivity contribution >= 4 is 11.8 Å². The maximum atomic E-state index is 12.7. The second kappa shape index (κ2) is 6.35. The second-order valence-corrected chi connectivity index (χ2v) is 5.19. The topological polar surface area (TPSA) is 76.8 Å². The van der Waals surface area contributed by atoms with Gasteiger partial charge in [0.05, 0.1) is 0 Å². The highest BCUT2D eigenvalue weighted by molar-refractivity contribution is 5.93. The first kappa shape index (κ1) is 14.8. The Morgan fingerprint density at radius 2 is 1.87 bits per heavy atom. The molecule has 0 radical (unpaired) electrons. The normalized spacial score (nSPS) is 10.7. The highest BCUT2D eigenvalue weighted by Crippen LogP contribution is 2.20. The number of pyridine rings is 1. The molecule has 116 valence electrons. The van der Waals surface area contributed by atoms with Crippen LogP contribution in [-0.4, -0.2) is 36.6 Å². The Labute approximate surface area is 133 Å². The maximum Gasteiger partial charge on any atom is 0.335 e. The number of carbonyl (C=O) groups is 1. The lowest BCUT2D eigenvalue weighted by Gasteiger charge is -2.25. The first-order valence-corrected chi connectivity index (χ1v) is 7.22. The van der Waals surface area contributed by atoms with Gasteiger partial charge >= 0.3 is 6.03 Å². The Morgan fingerprint density at radius 1 is 1.09 bits per heavy atom. The predicted molar refractivity (Wildman–Crippen MR) is 85.9 cm³/mol. The van der Waals surface area contributed by atoms with Crippen molar-refractivity contribution in [3.8, 4) is 11.4 Å². The predicted octanol–water partition coefficient (Wildman–Crippen LogP) is 2.62. The number of carbonyl (C=O) groups excluding carboxylic acids is 1. The summed E-state index contributed by atoms with van der Waals surface area (Å²) in [4.78, 5) is 31.0. The van der Waals surface area contributed by atoms with Gasteiger partial charge in [-0.05, 0) is 32.0 Å². The van der Waals surface area contributed by atoms with Crippen molar-refractivity contribution in [2.75, 3.05) is 4.90 Å². The Bertz CT molecular complexity index is 785. The van der Waals surface area contributed by atoms with Gasteiger partial charge in [0.15, 0.2) is 5.82 Å². The molecule has 0 aliphatic carbocycles. The Kier molecular flexibility index (Phi) is 4.09. The molecule has 7 nitrogen and oxygen atoms in total. The lowest BCUT2D eigenvalue weighted by Crippen LogP contribution is -2.40. The summed E-state index contributed by atoms with van der Waals surface area (Å²) in [7, 11) is 0. The highest BCUT2D eigenvalue weighted by Gasteiger charge is 2.22. The third-order valence-electron chi connectivity index (χ3n) is 3.27. The number of anilines is 1. The van der Waals surface area contributed by atoms with Crippen LogP contribution in [0.5, 0.6) is 0 Å². The summed E-state index contributed by atoms with van der Waals surface area (Å²) in [6.45, 7) is 3.87. The van der Waals surface area contributed by atoms with E-state index in [2.05, 4.69) is 19.9 Å². The van der Waals surface area contributed by atoms with Crippen LogP contribution in [0, 0.1) is 0 Å². The van der Waals surface area contributed by atoms with Gasteiger partial charge in [-0.2, -0.15) is 0 Å². The van der Waals surface area contributed by atoms with Crippen LogP contribution < -0.4 is 4.90 Å². The molecule has 3 rings (SSSR count). The number of nitrogens with zero attached hydrogens (tertiary/aromatic N) is 6. The van der Waals surface area contributed by atoms with E-state index in [9.17, 15) is 4.79 Å². The van der Waals surface area contributed by atoms with Crippen LogP contribution in [0.2, 0.25) is 0 Å². The Balaban J connectivity index is 1.99. The molecule has 1 amide bonds. The van der Waals surface area contributed by atoms with E-state index in [1.165, 1.54) is 10.9 Å². The molecule has 0 fully saturated rings. The minimum absolute atomic E-state index is 0.0647. The molecular formula is C16H16N6O.